The van der Waals surface area contributed by atoms with Crippen molar-refractivity contribution in [3.8, 4) is 11.5 Å². The van der Waals surface area contributed by atoms with E-state index >= 15 is 0 Å². The molecule has 10 heteroatoms. The molecule has 0 bridgehead atoms. The van der Waals surface area contributed by atoms with Crippen LogP contribution in [0.25, 0.3) is 0 Å². The van der Waals surface area contributed by atoms with Crippen molar-refractivity contribution in [2.75, 3.05) is 5.32 Å². The van der Waals surface area contributed by atoms with Crippen LogP contribution in [0.3, 0.4) is 0 Å². The highest BCUT2D eigenvalue weighted by atomic mass is 127. The maximum atomic E-state index is 13.9. The summed E-state index contributed by atoms with van der Waals surface area (Å²) in [6, 6.07) is 4.80. The molecule has 0 heterocycles. The summed E-state index contributed by atoms with van der Waals surface area (Å²) >= 11 is 6.66. The van der Waals surface area contributed by atoms with Gasteiger partial charge < -0.3 is 15.8 Å². The Labute approximate surface area is 152 Å². The highest BCUT2D eigenvalue weighted by Gasteiger charge is 2.33. The largest absolute Gasteiger partial charge is 0.449 e. The Morgan fingerprint density at radius 1 is 1.12 bits per heavy atom. The number of nitrogens with two attached hydrogens (primary N) is 1. The van der Waals surface area contributed by atoms with Crippen molar-refractivity contribution in [2.45, 2.75) is 6.18 Å². The van der Waals surface area contributed by atoms with E-state index in [9.17, 15) is 22.0 Å². The lowest BCUT2D eigenvalue weighted by Gasteiger charge is -2.15. The van der Waals surface area contributed by atoms with Crippen LogP contribution in [0, 0.1) is 15.2 Å². The molecule has 2 rings (SSSR count). The predicted molar refractivity (Wildman–Crippen MR) is 91.0 cm³/mol. The van der Waals surface area contributed by atoms with Gasteiger partial charge in [-0.05, 0) is 65.1 Å². The van der Waals surface area contributed by atoms with Crippen LogP contribution in [0.5, 0.6) is 11.5 Å². The van der Waals surface area contributed by atoms with E-state index in [1.165, 1.54) is 12.1 Å². The second-order valence-corrected chi connectivity index (χ2v) is 6.18. The van der Waals surface area contributed by atoms with Gasteiger partial charge in [-0.1, -0.05) is 0 Å². The molecule has 0 fully saturated rings. The standard InChI is InChI=1S/C14H8F5IN2OS/c15-8-3-6(14(17,18)19)4-9(16)12(8)23-11-2-1-7(20)5-10(11)22-13(21)24/h1-5H,(H3,21,22,24). The third kappa shape index (κ3) is 4.44. The van der Waals surface area contributed by atoms with Crippen molar-refractivity contribution in [1.29, 1.82) is 0 Å². The quantitative estimate of drug-likeness (QED) is 0.372. The summed E-state index contributed by atoms with van der Waals surface area (Å²) in [5, 5.41) is 2.45. The van der Waals surface area contributed by atoms with Gasteiger partial charge in [-0.25, -0.2) is 8.78 Å². The Kier molecular flexibility index (Phi) is 5.48. The number of alkyl halides is 3. The van der Waals surface area contributed by atoms with Gasteiger partial charge in [-0.3, -0.25) is 0 Å². The number of rotatable bonds is 3. The van der Waals surface area contributed by atoms with Gasteiger partial charge >= 0.3 is 6.18 Å². The van der Waals surface area contributed by atoms with Crippen LogP contribution < -0.4 is 15.8 Å². The number of hydrogen-bond donors (Lipinski definition) is 2. The first kappa shape index (κ1) is 18.6. The zero-order chi connectivity index (χ0) is 18.1. The van der Waals surface area contributed by atoms with E-state index < -0.39 is 29.1 Å². The van der Waals surface area contributed by atoms with E-state index in [1.807, 2.05) is 22.6 Å². The van der Waals surface area contributed by atoms with Crippen molar-refractivity contribution >= 4 is 45.6 Å². The fourth-order valence-corrected chi connectivity index (χ4v) is 2.35. The lowest BCUT2D eigenvalue weighted by atomic mass is 10.2. The second kappa shape index (κ2) is 7.05. The molecule has 0 aliphatic carbocycles. The second-order valence-electron chi connectivity index (χ2n) is 4.50. The molecule has 2 aromatic rings. The van der Waals surface area contributed by atoms with E-state index in [4.69, 9.17) is 22.7 Å². The summed E-state index contributed by atoms with van der Waals surface area (Å²) in [6.07, 6.45) is -4.87. The minimum absolute atomic E-state index is 0.0548. The van der Waals surface area contributed by atoms with E-state index in [-0.39, 0.29) is 28.7 Å². The molecule has 0 atom stereocenters. The lowest BCUT2D eigenvalue weighted by molar-refractivity contribution is -0.138. The number of ether oxygens (including phenoxy) is 1. The van der Waals surface area contributed by atoms with Gasteiger partial charge in [0.05, 0.1) is 11.3 Å². The Bertz CT molecular complexity index is 774. The van der Waals surface area contributed by atoms with Gasteiger partial charge in [0.15, 0.2) is 28.2 Å². The van der Waals surface area contributed by atoms with Crippen molar-refractivity contribution in [3.63, 3.8) is 0 Å². The fraction of sp³-hybridized carbons (Fsp3) is 0.0714. The van der Waals surface area contributed by atoms with Gasteiger partial charge in [0, 0.05) is 3.57 Å². The first-order valence-corrected chi connectivity index (χ1v) is 7.66. The van der Waals surface area contributed by atoms with Crippen molar-refractivity contribution in [2.24, 2.45) is 5.73 Å². The van der Waals surface area contributed by atoms with Crippen LogP contribution in [0.15, 0.2) is 30.3 Å². The van der Waals surface area contributed by atoms with Crippen LogP contribution in [-0.4, -0.2) is 5.11 Å². The minimum atomic E-state index is -4.87. The minimum Gasteiger partial charge on any atom is -0.449 e. The van der Waals surface area contributed by atoms with Gasteiger partial charge in [-0.2, -0.15) is 13.2 Å². The zero-order valence-corrected chi connectivity index (χ0v) is 14.5. The molecule has 3 N–H and O–H groups in total. The van der Waals surface area contributed by atoms with Gasteiger partial charge in [-0.15, -0.1) is 0 Å². The summed E-state index contributed by atoms with van der Waals surface area (Å²) in [5.74, 6) is -3.99. The normalized spacial score (nSPS) is 11.2. The van der Waals surface area contributed by atoms with E-state index in [0.717, 1.165) is 3.57 Å². The molecule has 3 nitrogen and oxygen atoms in total. The maximum Gasteiger partial charge on any atom is 0.416 e. The molecule has 128 valence electrons. The summed E-state index contributed by atoms with van der Waals surface area (Å²) in [4.78, 5) is 0. The van der Waals surface area contributed by atoms with Gasteiger partial charge in [0.2, 0.25) is 0 Å². The number of hydrogen-bond acceptors (Lipinski definition) is 2. The topological polar surface area (TPSA) is 47.3 Å². The Morgan fingerprint density at radius 3 is 2.21 bits per heavy atom. The molecule has 0 aliphatic heterocycles. The van der Waals surface area contributed by atoms with Crippen LogP contribution in [0.4, 0.5) is 27.6 Å². The number of nitrogens with one attached hydrogen (secondary N) is 1. The molecule has 0 spiro atoms. The number of thiocarbonyl (C=S) groups is 1. The summed E-state index contributed by atoms with van der Waals surface area (Å²) < 4.78 is 71.2. The lowest BCUT2D eigenvalue weighted by Crippen LogP contribution is -2.19. The van der Waals surface area contributed by atoms with Gasteiger partial charge in [0.1, 0.15) is 0 Å². The summed E-state index contributed by atoms with van der Waals surface area (Å²) in [5.41, 5.74) is 4.12. The number of anilines is 1. The molecule has 2 aromatic carbocycles. The van der Waals surface area contributed by atoms with Gasteiger partial charge in [0.25, 0.3) is 0 Å². The molecular weight excluding hydrogens is 466 g/mol. The van der Waals surface area contributed by atoms with Crippen LogP contribution in [0.2, 0.25) is 0 Å². The Morgan fingerprint density at radius 2 is 1.71 bits per heavy atom. The zero-order valence-electron chi connectivity index (χ0n) is 11.5. The SMILES string of the molecule is NC(=S)Nc1cc(I)ccc1Oc1c(F)cc(C(F)(F)F)cc1F. The molecule has 0 radical (unpaired) electrons. The first-order valence-electron chi connectivity index (χ1n) is 6.18. The molecule has 0 amide bonds. The van der Waals surface area contributed by atoms with Crippen molar-refractivity contribution in [1.82, 2.24) is 0 Å². The molecular formula is C14H8F5IN2OS. The third-order valence-electron chi connectivity index (χ3n) is 2.74. The third-order valence-corrected chi connectivity index (χ3v) is 3.51. The van der Waals surface area contributed by atoms with Crippen molar-refractivity contribution in [3.05, 3.63) is 51.1 Å². The van der Waals surface area contributed by atoms with Crippen LogP contribution >= 0.6 is 34.8 Å². The van der Waals surface area contributed by atoms with E-state index in [0.29, 0.717) is 0 Å². The van der Waals surface area contributed by atoms with Crippen LogP contribution in [-0.2, 0) is 6.18 Å². The molecule has 0 aliphatic rings. The summed E-state index contributed by atoms with van der Waals surface area (Å²) in [7, 11) is 0. The Balaban J connectivity index is 2.44. The predicted octanol–water partition coefficient (Wildman–Crippen LogP) is 5.04. The van der Waals surface area contributed by atoms with Crippen LogP contribution in [0.1, 0.15) is 5.56 Å². The molecule has 0 aromatic heterocycles. The molecule has 24 heavy (non-hydrogen) atoms. The molecule has 0 unspecified atom stereocenters. The highest BCUT2D eigenvalue weighted by molar-refractivity contribution is 14.1. The van der Waals surface area contributed by atoms with E-state index in [1.54, 1.807) is 6.07 Å². The Hall–Kier alpha value is -1.69. The van der Waals surface area contributed by atoms with Crippen molar-refractivity contribution < 1.29 is 26.7 Å². The highest BCUT2D eigenvalue weighted by Crippen LogP contribution is 2.37. The number of halogens is 6. The first-order chi connectivity index (χ1) is 11.1. The van der Waals surface area contributed by atoms with E-state index in [2.05, 4.69) is 5.32 Å². The number of benzene rings is 2. The molecule has 0 saturated heterocycles. The average molecular weight is 474 g/mol. The fourth-order valence-electron chi connectivity index (χ4n) is 1.75. The average Bonchev–Trinajstić information content (AvgIpc) is 2.43. The summed E-state index contributed by atoms with van der Waals surface area (Å²) in [6.45, 7) is 0. The monoisotopic (exact) mass is 474 g/mol. The molecule has 0 saturated carbocycles. The maximum absolute atomic E-state index is 13.9. The smallest absolute Gasteiger partial charge is 0.416 e.